The Morgan fingerprint density at radius 1 is 1.13 bits per heavy atom. The molecule has 2 aliphatic rings. The summed E-state index contributed by atoms with van der Waals surface area (Å²) in [6.45, 7) is 3.03. The molecule has 124 valence electrons. The molecule has 1 saturated heterocycles. The SMILES string of the molecule is Cc1nnc2ccc(NC3CCN(S(=O)(=O)C4CC4)CC3)nn12. The Kier molecular flexibility index (Phi) is 3.49. The lowest BCUT2D eigenvalue weighted by Crippen LogP contribution is -2.43. The van der Waals surface area contributed by atoms with Gasteiger partial charge in [0.2, 0.25) is 10.0 Å². The van der Waals surface area contributed by atoms with Gasteiger partial charge in [-0.3, -0.25) is 0 Å². The van der Waals surface area contributed by atoms with Crippen LogP contribution in [-0.2, 0) is 10.0 Å². The first kappa shape index (κ1) is 14.8. The van der Waals surface area contributed by atoms with Gasteiger partial charge in [0.1, 0.15) is 5.82 Å². The Hall–Kier alpha value is -1.74. The van der Waals surface area contributed by atoms with Crippen LogP contribution in [-0.4, -0.2) is 56.9 Å². The van der Waals surface area contributed by atoms with Crippen molar-refractivity contribution < 1.29 is 8.42 Å². The largest absolute Gasteiger partial charge is 0.366 e. The van der Waals surface area contributed by atoms with Crippen molar-refractivity contribution >= 4 is 21.5 Å². The molecule has 8 nitrogen and oxygen atoms in total. The molecule has 2 aromatic rings. The molecule has 0 radical (unpaired) electrons. The average molecular weight is 336 g/mol. The van der Waals surface area contributed by atoms with Crippen molar-refractivity contribution in [3.8, 4) is 0 Å². The molecule has 9 heteroatoms. The highest BCUT2D eigenvalue weighted by Crippen LogP contribution is 2.32. The van der Waals surface area contributed by atoms with Crippen LogP contribution in [0, 0.1) is 6.92 Å². The molecular weight excluding hydrogens is 316 g/mol. The van der Waals surface area contributed by atoms with E-state index in [1.54, 1.807) is 8.82 Å². The van der Waals surface area contributed by atoms with Crippen LogP contribution >= 0.6 is 0 Å². The number of rotatable bonds is 4. The van der Waals surface area contributed by atoms with Gasteiger partial charge in [-0.15, -0.1) is 15.3 Å². The third-order valence-electron chi connectivity index (χ3n) is 4.53. The summed E-state index contributed by atoms with van der Waals surface area (Å²) in [7, 11) is -3.04. The summed E-state index contributed by atoms with van der Waals surface area (Å²) in [6, 6.07) is 4.00. The van der Waals surface area contributed by atoms with E-state index >= 15 is 0 Å². The molecule has 4 rings (SSSR count). The number of hydrogen-bond acceptors (Lipinski definition) is 6. The summed E-state index contributed by atoms with van der Waals surface area (Å²) >= 11 is 0. The maximum atomic E-state index is 12.2. The third-order valence-corrected chi connectivity index (χ3v) is 6.93. The first-order valence-electron chi connectivity index (χ1n) is 7.98. The zero-order valence-corrected chi connectivity index (χ0v) is 13.8. The number of hydrogen-bond donors (Lipinski definition) is 1. The van der Waals surface area contributed by atoms with Crippen LogP contribution in [0.15, 0.2) is 12.1 Å². The van der Waals surface area contributed by atoms with Crippen LogP contribution in [0.25, 0.3) is 5.65 Å². The fourth-order valence-electron chi connectivity index (χ4n) is 3.01. The highest BCUT2D eigenvalue weighted by molar-refractivity contribution is 7.90. The van der Waals surface area contributed by atoms with Gasteiger partial charge in [0, 0.05) is 19.1 Å². The molecule has 1 N–H and O–H groups in total. The molecule has 2 aromatic heterocycles. The maximum absolute atomic E-state index is 12.2. The van der Waals surface area contributed by atoms with Gasteiger partial charge in [0.05, 0.1) is 5.25 Å². The number of sulfonamides is 1. The molecule has 0 amide bonds. The number of aromatic nitrogens is 4. The fraction of sp³-hybridized carbons (Fsp3) is 0.643. The zero-order valence-electron chi connectivity index (χ0n) is 13.0. The topological polar surface area (TPSA) is 92.5 Å². The third kappa shape index (κ3) is 2.78. The number of nitrogens with one attached hydrogen (secondary N) is 1. The molecule has 1 aliphatic heterocycles. The van der Waals surface area contributed by atoms with Crippen molar-refractivity contribution in [2.24, 2.45) is 0 Å². The normalized spacial score (nSPS) is 20.9. The van der Waals surface area contributed by atoms with E-state index < -0.39 is 10.0 Å². The second-order valence-electron chi connectivity index (χ2n) is 6.30. The van der Waals surface area contributed by atoms with Crippen molar-refractivity contribution in [3.63, 3.8) is 0 Å². The van der Waals surface area contributed by atoms with Crippen molar-refractivity contribution in [2.75, 3.05) is 18.4 Å². The first-order valence-corrected chi connectivity index (χ1v) is 9.49. The van der Waals surface area contributed by atoms with E-state index in [1.807, 2.05) is 19.1 Å². The first-order chi connectivity index (χ1) is 11.0. The second-order valence-corrected chi connectivity index (χ2v) is 8.51. The summed E-state index contributed by atoms with van der Waals surface area (Å²) in [4.78, 5) is 0. The standard InChI is InChI=1S/C14H20N6O2S/c1-10-16-17-14-5-4-13(18-20(10)14)15-11-6-8-19(9-7-11)23(21,22)12-2-3-12/h4-5,11-12H,2-3,6-9H2,1H3,(H,15,18). The smallest absolute Gasteiger partial charge is 0.216 e. The molecule has 3 heterocycles. The van der Waals surface area contributed by atoms with Gasteiger partial charge in [-0.2, -0.15) is 4.52 Å². The van der Waals surface area contributed by atoms with E-state index in [2.05, 4.69) is 20.6 Å². The second kappa shape index (κ2) is 5.41. The van der Waals surface area contributed by atoms with Crippen LogP contribution in [0.5, 0.6) is 0 Å². The molecule has 2 fully saturated rings. The Labute approximate surface area is 134 Å². The van der Waals surface area contributed by atoms with Gasteiger partial charge in [-0.1, -0.05) is 0 Å². The molecule has 0 spiro atoms. The van der Waals surface area contributed by atoms with Crippen LogP contribution in [0.1, 0.15) is 31.5 Å². The molecule has 23 heavy (non-hydrogen) atoms. The van der Waals surface area contributed by atoms with Gasteiger partial charge in [-0.25, -0.2) is 12.7 Å². The molecule has 0 bridgehead atoms. The van der Waals surface area contributed by atoms with Crippen LogP contribution in [0.4, 0.5) is 5.82 Å². The number of aryl methyl sites for hydroxylation is 1. The molecular formula is C14H20N6O2S. The Morgan fingerprint density at radius 2 is 1.87 bits per heavy atom. The fourth-order valence-corrected chi connectivity index (χ4v) is 4.89. The summed E-state index contributed by atoms with van der Waals surface area (Å²) in [5.41, 5.74) is 0.721. The highest BCUT2D eigenvalue weighted by Gasteiger charge is 2.41. The quantitative estimate of drug-likeness (QED) is 0.888. The van der Waals surface area contributed by atoms with Gasteiger partial charge >= 0.3 is 0 Å². The van der Waals surface area contributed by atoms with Gasteiger partial charge in [0.15, 0.2) is 11.5 Å². The van der Waals surface area contributed by atoms with E-state index in [0.717, 1.165) is 43.0 Å². The minimum Gasteiger partial charge on any atom is -0.366 e. The number of nitrogens with zero attached hydrogens (tertiary/aromatic N) is 5. The maximum Gasteiger partial charge on any atom is 0.216 e. The molecule has 0 aromatic carbocycles. The summed E-state index contributed by atoms with van der Waals surface area (Å²) < 4.78 is 27.8. The molecule has 0 atom stereocenters. The Balaban J connectivity index is 1.41. The van der Waals surface area contributed by atoms with E-state index in [4.69, 9.17) is 0 Å². The highest BCUT2D eigenvalue weighted by atomic mass is 32.2. The lowest BCUT2D eigenvalue weighted by Gasteiger charge is -2.31. The minimum atomic E-state index is -3.04. The van der Waals surface area contributed by atoms with E-state index in [0.29, 0.717) is 13.1 Å². The Bertz CT molecular complexity index is 821. The monoisotopic (exact) mass is 336 g/mol. The van der Waals surface area contributed by atoms with Crippen molar-refractivity contribution in [2.45, 2.75) is 43.9 Å². The number of piperidine rings is 1. The molecule has 0 unspecified atom stereocenters. The van der Waals surface area contributed by atoms with Crippen molar-refractivity contribution in [3.05, 3.63) is 18.0 Å². The van der Waals surface area contributed by atoms with Crippen LogP contribution < -0.4 is 5.32 Å². The van der Waals surface area contributed by atoms with Gasteiger partial charge in [-0.05, 0) is 44.7 Å². The summed E-state index contributed by atoms with van der Waals surface area (Å²) in [6.07, 6.45) is 3.24. The minimum absolute atomic E-state index is 0.118. The number of anilines is 1. The number of fused-ring (bicyclic) bond motifs is 1. The zero-order chi connectivity index (χ0) is 16.0. The molecule has 1 aliphatic carbocycles. The van der Waals surface area contributed by atoms with Crippen LogP contribution in [0.2, 0.25) is 0 Å². The van der Waals surface area contributed by atoms with Gasteiger partial charge in [0.25, 0.3) is 0 Å². The average Bonchev–Trinajstić information content (AvgIpc) is 3.34. The lowest BCUT2D eigenvalue weighted by atomic mass is 10.1. The van der Waals surface area contributed by atoms with E-state index in [1.165, 1.54) is 0 Å². The summed E-state index contributed by atoms with van der Waals surface area (Å²) in [5.74, 6) is 1.51. The van der Waals surface area contributed by atoms with Crippen molar-refractivity contribution in [1.82, 2.24) is 24.1 Å². The van der Waals surface area contributed by atoms with Crippen LogP contribution in [0.3, 0.4) is 0 Å². The Morgan fingerprint density at radius 3 is 2.57 bits per heavy atom. The van der Waals surface area contributed by atoms with Gasteiger partial charge < -0.3 is 5.32 Å². The summed E-state index contributed by atoms with van der Waals surface area (Å²) in [5, 5.41) is 15.8. The van der Waals surface area contributed by atoms with E-state index in [9.17, 15) is 8.42 Å². The predicted octanol–water partition coefficient (Wildman–Crippen LogP) is 0.801. The lowest BCUT2D eigenvalue weighted by molar-refractivity contribution is 0.329. The molecule has 1 saturated carbocycles. The predicted molar refractivity (Wildman–Crippen MR) is 85.7 cm³/mol. The van der Waals surface area contributed by atoms with Crippen molar-refractivity contribution in [1.29, 1.82) is 0 Å². The van der Waals surface area contributed by atoms with E-state index in [-0.39, 0.29) is 11.3 Å².